The first-order chi connectivity index (χ1) is 16.8. The van der Waals surface area contributed by atoms with Crippen molar-refractivity contribution in [3.05, 3.63) is 87.9 Å². The average Bonchev–Trinajstić information content (AvgIpc) is 3.39. The molecule has 0 radical (unpaired) electrons. The number of benzene rings is 2. The van der Waals surface area contributed by atoms with Crippen molar-refractivity contribution in [3.63, 3.8) is 0 Å². The summed E-state index contributed by atoms with van der Waals surface area (Å²) in [5.74, 6) is -1.35. The molecule has 11 nitrogen and oxygen atoms in total. The van der Waals surface area contributed by atoms with Crippen LogP contribution in [-0.2, 0) is 16.1 Å². The van der Waals surface area contributed by atoms with Crippen LogP contribution in [0, 0.1) is 10.1 Å². The van der Waals surface area contributed by atoms with Gasteiger partial charge in [0.1, 0.15) is 5.76 Å². The number of amides is 2. The number of para-hydroxylation sites is 1. The molecule has 0 spiro atoms. The number of esters is 1. The van der Waals surface area contributed by atoms with Crippen LogP contribution in [0.2, 0.25) is 0 Å². The van der Waals surface area contributed by atoms with Gasteiger partial charge in [-0.15, -0.1) is 0 Å². The Morgan fingerprint density at radius 3 is 2.57 bits per heavy atom. The summed E-state index contributed by atoms with van der Waals surface area (Å²) in [5.41, 5.74) is 0.0538. The van der Waals surface area contributed by atoms with Crippen molar-refractivity contribution in [2.24, 2.45) is 0 Å². The largest absolute Gasteiger partial charge is 0.487 e. The lowest BCUT2D eigenvalue weighted by atomic mass is 10.1. The van der Waals surface area contributed by atoms with Gasteiger partial charge in [0.25, 0.3) is 11.8 Å². The minimum atomic E-state index is -0.914. The third kappa shape index (κ3) is 6.22. The summed E-state index contributed by atoms with van der Waals surface area (Å²) in [6, 6.07) is 13.5. The first kappa shape index (κ1) is 25.0. The van der Waals surface area contributed by atoms with Crippen molar-refractivity contribution in [1.29, 1.82) is 0 Å². The molecule has 35 heavy (non-hydrogen) atoms. The molecule has 0 saturated heterocycles. The first-order valence-corrected chi connectivity index (χ1v) is 10.6. The van der Waals surface area contributed by atoms with Gasteiger partial charge in [-0.25, -0.2) is 4.79 Å². The topological polar surface area (TPSA) is 141 Å². The van der Waals surface area contributed by atoms with E-state index in [2.05, 4.69) is 5.32 Å². The Bertz CT molecular complexity index is 1220. The van der Waals surface area contributed by atoms with Gasteiger partial charge in [0.15, 0.2) is 12.4 Å². The van der Waals surface area contributed by atoms with E-state index in [1.54, 1.807) is 43.3 Å². The Morgan fingerprint density at radius 1 is 1.11 bits per heavy atom. The number of hydrogen-bond acceptors (Lipinski definition) is 8. The van der Waals surface area contributed by atoms with Gasteiger partial charge >= 0.3 is 11.7 Å². The fourth-order valence-electron chi connectivity index (χ4n) is 3.14. The predicted octanol–water partition coefficient (Wildman–Crippen LogP) is 3.34. The summed E-state index contributed by atoms with van der Waals surface area (Å²) in [6.45, 7) is 1.42. The number of nitro groups is 1. The molecule has 0 unspecified atom stereocenters. The molecule has 182 valence electrons. The van der Waals surface area contributed by atoms with Crippen LogP contribution in [0.1, 0.15) is 33.4 Å². The molecule has 2 amide bonds. The van der Waals surface area contributed by atoms with Gasteiger partial charge in [-0.1, -0.05) is 12.1 Å². The van der Waals surface area contributed by atoms with Crippen LogP contribution in [0.25, 0.3) is 0 Å². The molecule has 11 heteroatoms. The Balaban J connectivity index is 1.66. The molecule has 1 heterocycles. The summed E-state index contributed by atoms with van der Waals surface area (Å²) >= 11 is 0. The number of nitrogens with zero attached hydrogens (tertiary/aromatic N) is 2. The third-order valence-electron chi connectivity index (χ3n) is 4.91. The zero-order valence-electron chi connectivity index (χ0n) is 19.1. The number of hydrogen-bond donors (Lipinski definition) is 1. The van der Waals surface area contributed by atoms with Crippen molar-refractivity contribution in [3.8, 4) is 5.75 Å². The molecule has 0 aliphatic heterocycles. The number of carbonyl (C=O) groups is 3. The van der Waals surface area contributed by atoms with Crippen LogP contribution in [0.3, 0.4) is 0 Å². The van der Waals surface area contributed by atoms with E-state index in [4.69, 9.17) is 13.9 Å². The summed E-state index contributed by atoms with van der Waals surface area (Å²) < 4.78 is 15.4. The van der Waals surface area contributed by atoms with Crippen molar-refractivity contribution in [1.82, 2.24) is 5.32 Å². The van der Waals surface area contributed by atoms with Gasteiger partial charge in [0.05, 0.1) is 41.2 Å². The smallest absolute Gasteiger partial charge is 0.338 e. The maximum Gasteiger partial charge on any atom is 0.338 e. The third-order valence-corrected chi connectivity index (χ3v) is 4.91. The number of rotatable bonds is 10. The van der Waals surface area contributed by atoms with E-state index in [9.17, 15) is 24.5 Å². The molecule has 1 aromatic heterocycles. The van der Waals surface area contributed by atoms with Gasteiger partial charge in [-0.05, 0) is 43.3 Å². The second kappa shape index (κ2) is 11.5. The number of ether oxygens (including phenoxy) is 2. The Hall–Kier alpha value is -4.67. The molecule has 0 atom stereocenters. The maximum atomic E-state index is 12.7. The Kier molecular flexibility index (Phi) is 8.17. The monoisotopic (exact) mass is 481 g/mol. The highest BCUT2D eigenvalue weighted by Gasteiger charge is 2.22. The molecule has 0 fully saturated rings. The maximum absolute atomic E-state index is 12.7. The first-order valence-electron chi connectivity index (χ1n) is 10.6. The highest BCUT2D eigenvalue weighted by molar-refractivity contribution is 6.05. The number of nitrogens with one attached hydrogen (secondary N) is 1. The molecular formula is C24H23N3O8. The number of furan rings is 1. The average molecular weight is 481 g/mol. The van der Waals surface area contributed by atoms with E-state index < -0.39 is 29.3 Å². The Labute approximate surface area is 200 Å². The van der Waals surface area contributed by atoms with Gasteiger partial charge in [-0.3, -0.25) is 19.7 Å². The number of nitro benzene ring substituents is 1. The summed E-state index contributed by atoms with van der Waals surface area (Å²) in [6.07, 6.45) is 1.49. The van der Waals surface area contributed by atoms with Crippen LogP contribution >= 0.6 is 0 Å². The van der Waals surface area contributed by atoms with Crippen LogP contribution < -0.4 is 15.0 Å². The van der Waals surface area contributed by atoms with Gasteiger partial charge in [0.2, 0.25) is 0 Å². The summed E-state index contributed by atoms with van der Waals surface area (Å²) in [4.78, 5) is 49.5. The Morgan fingerprint density at radius 2 is 1.89 bits per heavy atom. The lowest BCUT2D eigenvalue weighted by molar-refractivity contribution is -0.385. The lowest BCUT2D eigenvalue weighted by Gasteiger charge is -2.20. The summed E-state index contributed by atoms with van der Waals surface area (Å²) in [7, 11) is 1.44. The van der Waals surface area contributed by atoms with Crippen LogP contribution in [0.5, 0.6) is 5.75 Å². The van der Waals surface area contributed by atoms with Crippen LogP contribution in [0.15, 0.2) is 65.3 Å². The predicted molar refractivity (Wildman–Crippen MR) is 124 cm³/mol. The van der Waals surface area contributed by atoms with Crippen molar-refractivity contribution in [2.75, 3.05) is 25.2 Å². The number of likely N-dealkylation sites (N-methyl/N-ethyl adjacent to an activating group) is 1. The van der Waals surface area contributed by atoms with E-state index in [1.165, 1.54) is 30.3 Å². The highest BCUT2D eigenvalue weighted by Crippen LogP contribution is 2.28. The minimum Gasteiger partial charge on any atom is -0.487 e. The van der Waals surface area contributed by atoms with Gasteiger partial charge < -0.3 is 24.1 Å². The fraction of sp³-hybridized carbons (Fsp3) is 0.208. The zero-order chi connectivity index (χ0) is 25.4. The quantitative estimate of drug-likeness (QED) is 0.264. The molecule has 1 N–H and O–H groups in total. The van der Waals surface area contributed by atoms with Crippen LogP contribution in [-0.4, -0.2) is 43.0 Å². The number of anilines is 1. The lowest BCUT2D eigenvalue weighted by Crippen LogP contribution is -2.33. The van der Waals surface area contributed by atoms with E-state index in [0.717, 1.165) is 6.07 Å². The van der Waals surface area contributed by atoms with Crippen molar-refractivity contribution < 1.29 is 33.2 Å². The standard InChI is InChI=1S/C24H23N3O8/c1-3-33-21-11-10-16(13-20(21)27(31)32)24(30)35-15-22(28)26(2)19-9-5-4-8-18(19)23(29)25-14-17-7-6-12-34-17/h4-13H,3,14-15H2,1-2H3,(H,25,29). The molecular weight excluding hydrogens is 458 g/mol. The second-order valence-corrected chi connectivity index (χ2v) is 7.18. The van der Waals surface area contributed by atoms with Gasteiger partial charge in [0, 0.05) is 13.1 Å². The number of carbonyl (C=O) groups excluding carboxylic acids is 3. The molecule has 0 aliphatic carbocycles. The fourth-order valence-corrected chi connectivity index (χ4v) is 3.14. The molecule has 3 rings (SSSR count). The normalized spacial score (nSPS) is 10.3. The second-order valence-electron chi connectivity index (χ2n) is 7.18. The molecule has 0 bridgehead atoms. The molecule has 3 aromatic rings. The SMILES string of the molecule is CCOc1ccc(C(=O)OCC(=O)N(C)c2ccccc2C(=O)NCc2ccco2)cc1[N+](=O)[O-]. The van der Waals surface area contributed by atoms with E-state index in [0.29, 0.717) is 11.4 Å². The molecule has 2 aromatic carbocycles. The van der Waals surface area contributed by atoms with E-state index in [1.807, 2.05) is 0 Å². The van der Waals surface area contributed by atoms with E-state index in [-0.39, 0.29) is 35.7 Å². The van der Waals surface area contributed by atoms with Gasteiger partial charge in [-0.2, -0.15) is 0 Å². The zero-order valence-corrected chi connectivity index (χ0v) is 19.1. The minimum absolute atomic E-state index is 0.0202. The van der Waals surface area contributed by atoms with Crippen molar-refractivity contribution >= 4 is 29.2 Å². The van der Waals surface area contributed by atoms with Crippen molar-refractivity contribution in [2.45, 2.75) is 13.5 Å². The molecule has 0 aliphatic rings. The summed E-state index contributed by atoms with van der Waals surface area (Å²) in [5, 5.41) is 14.0. The van der Waals surface area contributed by atoms with Crippen LogP contribution in [0.4, 0.5) is 11.4 Å². The van der Waals surface area contributed by atoms with E-state index >= 15 is 0 Å². The highest BCUT2D eigenvalue weighted by atomic mass is 16.6. The molecule has 0 saturated carbocycles.